The van der Waals surface area contributed by atoms with Crippen LogP contribution >= 0.6 is 11.8 Å². The third-order valence-corrected chi connectivity index (χ3v) is 3.81. The number of nitrogens with zero attached hydrogens (tertiary/aromatic N) is 1. The van der Waals surface area contributed by atoms with Gasteiger partial charge in [0.15, 0.2) is 0 Å². The van der Waals surface area contributed by atoms with Gasteiger partial charge in [-0.25, -0.2) is 0 Å². The lowest BCUT2D eigenvalue weighted by Gasteiger charge is -2.31. The Kier molecular flexibility index (Phi) is 5.97. The van der Waals surface area contributed by atoms with Crippen molar-refractivity contribution in [2.24, 2.45) is 11.7 Å². The van der Waals surface area contributed by atoms with Gasteiger partial charge in [-0.15, -0.1) is 0 Å². The molecule has 1 saturated heterocycles. The van der Waals surface area contributed by atoms with Gasteiger partial charge in [-0.05, 0) is 12.8 Å². The normalized spacial score (nSPS) is 19.6. The molecule has 1 heterocycles. The van der Waals surface area contributed by atoms with Crippen LogP contribution in [0.5, 0.6) is 0 Å². The Morgan fingerprint density at radius 1 is 1.39 bits per heavy atom. The maximum atomic E-state index is 11.8. The first-order valence-corrected chi connectivity index (χ1v) is 7.03. The Balaban J connectivity index is 2.28. The molecule has 6 nitrogen and oxygen atoms in total. The fourth-order valence-electron chi connectivity index (χ4n) is 1.85. The van der Waals surface area contributed by atoms with Gasteiger partial charge in [0.1, 0.15) is 0 Å². The molecule has 1 unspecified atom stereocenters. The number of likely N-dealkylation sites (tertiary alicyclic amines) is 1. The van der Waals surface area contributed by atoms with E-state index in [1.165, 1.54) is 11.8 Å². The van der Waals surface area contributed by atoms with Crippen LogP contribution in [0.3, 0.4) is 0 Å². The summed E-state index contributed by atoms with van der Waals surface area (Å²) in [6.07, 6.45) is 1.59. The van der Waals surface area contributed by atoms with Crippen molar-refractivity contribution < 1.29 is 19.5 Å². The molecule has 0 aromatic carbocycles. The van der Waals surface area contributed by atoms with Crippen molar-refractivity contribution in [3.05, 3.63) is 0 Å². The van der Waals surface area contributed by atoms with Crippen LogP contribution in [0.4, 0.5) is 0 Å². The first-order valence-electron chi connectivity index (χ1n) is 5.87. The van der Waals surface area contributed by atoms with E-state index >= 15 is 0 Å². The molecule has 0 bridgehead atoms. The Morgan fingerprint density at radius 2 is 2.11 bits per heavy atom. The van der Waals surface area contributed by atoms with Gasteiger partial charge in [-0.1, -0.05) is 0 Å². The number of carboxylic acids is 1. The third-order valence-electron chi connectivity index (χ3n) is 2.86. The van der Waals surface area contributed by atoms with Crippen molar-refractivity contribution in [3.8, 4) is 0 Å². The molecule has 1 aliphatic rings. The van der Waals surface area contributed by atoms with E-state index in [1.807, 2.05) is 0 Å². The largest absolute Gasteiger partial charge is 0.481 e. The zero-order valence-electron chi connectivity index (χ0n) is 10.1. The second-order valence-electron chi connectivity index (χ2n) is 4.28. The van der Waals surface area contributed by atoms with Crippen molar-refractivity contribution in [2.75, 3.05) is 24.6 Å². The highest BCUT2D eigenvalue weighted by Gasteiger charge is 2.26. The smallest absolute Gasteiger partial charge is 0.304 e. The van der Waals surface area contributed by atoms with Gasteiger partial charge in [-0.2, -0.15) is 11.8 Å². The van der Waals surface area contributed by atoms with Crippen molar-refractivity contribution in [2.45, 2.75) is 19.3 Å². The van der Waals surface area contributed by atoms with E-state index in [9.17, 15) is 14.4 Å². The van der Waals surface area contributed by atoms with Crippen LogP contribution in [0.2, 0.25) is 0 Å². The summed E-state index contributed by atoms with van der Waals surface area (Å²) in [5.74, 6) is -0.816. The van der Waals surface area contributed by atoms with Gasteiger partial charge < -0.3 is 15.7 Å². The molecule has 0 aromatic heterocycles. The second-order valence-corrected chi connectivity index (χ2v) is 5.38. The van der Waals surface area contributed by atoms with Gasteiger partial charge in [0.25, 0.3) is 0 Å². The summed E-state index contributed by atoms with van der Waals surface area (Å²) in [5.41, 5.74) is 5.24. The van der Waals surface area contributed by atoms with E-state index in [1.54, 1.807) is 4.90 Å². The lowest BCUT2D eigenvalue weighted by atomic mass is 9.97. The molecule has 1 aliphatic heterocycles. The number of amides is 2. The Morgan fingerprint density at radius 3 is 2.72 bits per heavy atom. The van der Waals surface area contributed by atoms with Crippen LogP contribution in [0.1, 0.15) is 19.3 Å². The van der Waals surface area contributed by atoms with Crippen LogP contribution in [0.25, 0.3) is 0 Å². The standard InChI is InChI=1S/C11H18N2O4S/c12-11(17)8-2-1-4-13(6-8)9(14)7-18-5-3-10(15)16/h8H,1-7H2,(H2,12,17)(H,15,16). The first kappa shape index (κ1) is 14.8. The van der Waals surface area contributed by atoms with E-state index in [-0.39, 0.29) is 29.9 Å². The molecule has 18 heavy (non-hydrogen) atoms. The minimum absolute atomic E-state index is 0.0451. The van der Waals surface area contributed by atoms with Gasteiger partial charge in [0.05, 0.1) is 18.1 Å². The molecule has 3 N–H and O–H groups in total. The lowest BCUT2D eigenvalue weighted by molar-refractivity contribution is -0.136. The molecule has 0 saturated carbocycles. The number of aliphatic carboxylic acids is 1. The quantitative estimate of drug-likeness (QED) is 0.660. The average molecular weight is 274 g/mol. The zero-order valence-corrected chi connectivity index (χ0v) is 10.9. The van der Waals surface area contributed by atoms with Crippen LogP contribution in [-0.2, 0) is 14.4 Å². The molecule has 1 fully saturated rings. The number of nitrogens with two attached hydrogens (primary N) is 1. The van der Waals surface area contributed by atoms with Crippen molar-refractivity contribution in [1.82, 2.24) is 4.90 Å². The maximum absolute atomic E-state index is 11.8. The fraction of sp³-hybridized carbons (Fsp3) is 0.727. The van der Waals surface area contributed by atoms with E-state index in [4.69, 9.17) is 10.8 Å². The number of piperidine rings is 1. The number of carbonyl (C=O) groups excluding carboxylic acids is 2. The molecular formula is C11H18N2O4S. The molecule has 1 rings (SSSR count). The average Bonchev–Trinajstić information content (AvgIpc) is 2.34. The summed E-state index contributed by atoms with van der Waals surface area (Å²) in [6, 6.07) is 0. The summed E-state index contributed by atoms with van der Waals surface area (Å²) in [6.45, 7) is 1.05. The lowest BCUT2D eigenvalue weighted by Crippen LogP contribution is -2.44. The second kappa shape index (κ2) is 7.25. The number of thioether (sulfide) groups is 1. The van der Waals surface area contributed by atoms with E-state index in [0.29, 0.717) is 18.8 Å². The maximum Gasteiger partial charge on any atom is 0.304 e. The number of carboxylic acid groups (broad SMARTS) is 1. The summed E-state index contributed by atoms with van der Waals surface area (Å²) in [7, 11) is 0. The minimum Gasteiger partial charge on any atom is -0.481 e. The molecule has 0 spiro atoms. The fourth-order valence-corrected chi connectivity index (χ4v) is 2.67. The SMILES string of the molecule is NC(=O)C1CCCN(C(=O)CSCCC(=O)O)C1. The van der Waals surface area contributed by atoms with Gasteiger partial charge in [0.2, 0.25) is 11.8 Å². The predicted molar refractivity (Wildman–Crippen MR) is 68.1 cm³/mol. The molecule has 1 atom stereocenters. The van der Waals surface area contributed by atoms with Crippen LogP contribution < -0.4 is 5.73 Å². The Labute approximate surface area is 110 Å². The van der Waals surface area contributed by atoms with Gasteiger partial charge >= 0.3 is 5.97 Å². The topological polar surface area (TPSA) is 101 Å². The molecule has 0 aromatic rings. The third kappa shape index (κ3) is 4.95. The number of hydrogen-bond donors (Lipinski definition) is 2. The van der Waals surface area contributed by atoms with Crippen LogP contribution in [0, 0.1) is 5.92 Å². The molecule has 2 amide bonds. The summed E-state index contributed by atoms with van der Waals surface area (Å²) in [4.78, 5) is 34.8. The van der Waals surface area contributed by atoms with Crippen LogP contribution in [0.15, 0.2) is 0 Å². The van der Waals surface area contributed by atoms with Crippen molar-refractivity contribution >= 4 is 29.5 Å². The molecule has 0 radical (unpaired) electrons. The highest BCUT2D eigenvalue weighted by atomic mass is 32.2. The van der Waals surface area contributed by atoms with Crippen LogP contribution in [-0.4, -0.2) is 52.4 Å². The minimum atomic E-state index is -0.860. The number of hydrogen-bond acceptors (Lipinski definition) is 4. The summed E-state index contributed by atoms with van der Waals surface area (Å²) >= 11 is 1.30. The number of rotatable bonds is 6. The Bertz CT molecular complexity index is 335. The summed E-state index contributed by atoms with van der Waals surface area (Å²) < 4.78 is 0. The molecule has 7 heteroatoms. The monoisotopic (exact) mass is 274 g/mol. The zero-order chi connectivity index (χ0) is 13.5. The van der Waals surface area contributed by atoms with Gasteiger partial charge in [0, 0.05) is 18.8 Å². The molecular weight excluding hydrogens is 256 g/mol. The van der Waals surface area contributed by atoms with Crippen molar-refractivity contribution in [3.63, 3.8) is 0 Å². The first-order chi connectivity index (χ1) is 8.50. The van der Waals surface area contributed by atoms with E-state index in [0.717, 1.165) is 12.8 Å². The van der Waals surface area contributed by atoms with Gasteiger partial charge in [-0.3, -0.25) is 14.4 Å². The predicted octanol–water partition coefficient (Wildman–Crippen LogP) is -0.0818. The number of carbonyl (C=O) groups is 3. The molecule has 0 aliphatic carbocycles. The highest BCUT2D eigenvalue weighted by molar-refractivity contribution is 7.99. The van der Waals surface area contributed by atoms with E-state index in [2.05, 4.69) is 0 Å². The van der Waals surface area contributed by atoms with Crippen molar-refractivity contribution in [1.29, 1.82) is 0 Å². The summed E-state index contributed by atoms with van der Waals surface area (Å²) in [5, 5.41) is 8.46. The van der Waals surface area contributed by atoms with E-state index < -0.39 is 5.97 Å². The Hall–Kier alpha value is -1.24. The number of primary amides is 1. The molecule has 102 valence electrons. The highest BCUT2D eigenvalue weighted by Crippen LogP contribution is 2.17.